The number of carbonyl (C=O) groups is 1. The predicted molar refractivity (Wildman–Crippen MR) is 115 cm³/mol. The van der Waals surface area contributed by atoms with E-state index in [0.717, 1.165) is 15.3 Å². The largest absolute Gasteiger partial charge is 0.351 e. The normalized spacial score (nSPS) is 11.0. The van der Waals surface area contributed by atoms with Crippen molar-refractivity contribution in [2.75, 3.05) is 12.3 Å². The summed E-state index contributed by atoms with van der Waals surface area (Å²) in [6, 6.07) is 9.12. The van der Waals surface area contributed by atoms with Crippen LogP contribution in [0.1, 0.15) is 15.2 Å². The molecule has 5 nitrogen and oxygen atoms in total. The van der Waals surface area contributed by atoms with Crippen LogP contribution in [0.15, 0.2) is 38.9 Å². The van der Waals surface area contributed by atoms with E-state index >= 15 is 0 Å². The van der Waals surface area contributed by atoms with Crippen LogP contribution in [0.3, 0.4) is 0 Å². The molecule has 0 atom stereocenters. The maximum Gasteiger partial charge on any atom is 0.261 e. The van der Waals surface area contributed by atoms with Gasteiger partial charge in [-0.15, -0.1) is 11.3 Å². The van der Waals surface area contributed by atoms with Crippen LogP contribution in [0.4, 0.5) is 0 Å². The van der Waals surface area contributed by atoms with Crippen molar-refractivity contribution >= 4 is 68.1 Å². The molecule has 0 bridgehead atoms. The maximum absolute atomic E-state index is 12.3. The second-order valence-corrected chi connectivity index (χ2v) is 9.61. The number of aromatic nitrogens is 2. The molecule has 0 saturated heterocycles. The molecular formula is C17H16BrN3O2S3. The number of amides is 1. The van der Waals surface area contributed by atoms with Crippen LogP contribution in [-0.4, -0.2) is 27.8 Å². The molecule has 3 rings (SSSR count). The van der Waals surface area contributed by atoms with E-state index in [1.165, 1.54) is 9.44 Å². The Labute approximate surface area is 172 Å². The van der Waals surface area contributed by atoms with Gasteiger partial charge in [0.05, 0.1) is 14.7 Å². The predicted octanol–water partition coefficient (Wildman–Crippen LogP) is 4.08. The van der Waals surface area contributed by atoms with Gasteiger partial charge in [0.15, 0.2) is 4.77 Å². The lowest BCUT2D eigenvalue weighted by atomic mass is 10.1. The number of carbonyl (C=O) groups excluding carboxylic acids is 1. The molecule has 0 unspecified atom stereocenters. The second-order valence-electron chi connectivity index (χ2n) is 5.57. The Balaban J connectivity index is 1.58. The highest BCUT2D eigenvalue weighted by Gasteiger charge is 2.09. The zero-order valence-corrected chi connectivity index (χ0v) is 17.9. The number of hydrogen-bond acceptors (Lipinski definition) is 5. The van der Waals surface area contributed by atoms with Gasteiger partial charge in [0, 0.05) is 35.5 Å². The quantitative estimate of drug-likeness (QED) is 0.421. The molecule has 2 heterocycles. The number of thioether (sulfide) groups is 1. The number of benzene rings is 1. The standard InChI is InChI=1S/C17H16BrN3O2S3/c1-21-16(23)12-4-2-10(8-13(12)20-17(21)24)15(22)19-6-7-25-9-11-3-5-14(18)26-11/h2-5,8H,6-7,9H2,1H3,(H,19,22)(H,20,24). The van der Waals surface area contributed by atoms with Crippen molar-refractivity contribution < 1.29 is 4.79 Å². The van der Waals surface area contributed by atoms with E-state index in [0.29, 0.717) is 27.8 Å². The summed E-state index contributed by atoms with van der Waals surface area (Å²) < 4.78 is 2.84. The van der Waals surface area contributed by atoms with Crippen molar-refractivity contribution in [3.05, 3.63) is 59.7 Å². The third-order valence-electron chi connectivity index (χ3n) is 3.77. The fourth-order valence-corrected chi connectivity index (χ4v) is 5.03. The van der Waals surface area contributed by atoms with E-state index in [9.17, 15) is 9.59 Å². The third-order valence-corrected chi connectivity index (χ3v) is 6.96. The summed E-state index contributed by atoms with van der Waals surface area (Å²) in [6.45, 7) is 0.584. The minimum Gasteiger partial charge on any atom is -0.351 e. The molecular weight excluding hydrogens is 454 g/mol. The van der Waals surface area contributed by atoms with E-state index < -0.39 is 0 Å². The third kappa shape index (κ3) is 4.46. The van der Waals surface area contributed by atoms with Crippen LogP contribution in [0.5, 0.6) is 0 Å². The van der Waals surface area contributed by atoms with Crippen molar-refractivity contribution in [2.45, 2.75) is 5.75 Å². The number of nitrogens with zero attached hydrogens (tertiary/aromatic N) is 1. The Morgan fingerprint density at radius 2 is 2.19 bits per heavy atom. The first-order valence-corrected chi connectivity index (χ1v) is 11.0. The van der Waals surface area contributed by atoms with Gasteiger partial charge < -0.3 is 10.3 Å². The van der Waals surface area contributed by atoms with Crippen LogP contribution in [0.2, 0.25) is 0 Å². The van der Waals surface area contributed by atoms with Gasteiger partial charge in [-0.1, -0.05) is 0 Å². The summed E-state index contributed by atoms with van der Waals surface area (Å²) in [6.07, 6.45) is 0. The molecule has 0 spiro atoms. The summed E-state index contributed by atoms with van der Waals surface area (Å²) >= 11 is 12.1. The molecule has 3 aromatic rings. The Hall–Kier alpha value is -1.42. The SMILES string of the molecule is Cn1c(=S)[nH]c2cc(C(=O)NCCSCc3ccc(Br)s3)ccc2c1=O. The topological polar surface area (TPSA) is 66.9 Å². The van der Waals surface area contributed by atoms with Gasteiger partial charge in [0.1, 0.15) is 0 Å². The summed E-state index contributed by atoms with van der Waals surface area (Å²) in [4.78, 5) is 28.8. The van der Waals surface area contributed by atoms with E-state index in [4.69, 9.17) is 12.2 Å². The summed E-state index contributed by atoms with van der Waals surface area (Å²) in [5.41, 5.74) is 0.902. The molecule has 2 aromatic heterocycles. The van der Waals surface area contributed by atoms with E-state index in [-0.39, 0.29) is 11.5 Å². The van der Waals surface area contributed by atoms with E-state index in [1.54, 1.807) is 48.3 Å². The lowest BCUT2D eigenvalue weighted by Gasteiger charge is -2.07. The molecule has 0 aliphatic rings. The average Bonchev–Trinajstić information content (AvgIpc) is 3.04. The van der Waals surface area contributed by atoms with E-state index in [2.05, 4.69) is 32.3 Å². The van der Waals surface area contributed by atoms with Crippen molar-refractivity contribution in [3.8, 4) is 0 Å². The van der Waals surface area contributed by atoms with Gasteiger partial charge >= 0.3 is 0 Å². The lowest BCUT2D eigenvalue weighted by Crippen LogP contribution is -2.26. The second kappa shape index (κ2) is 8.51. The zero-order chi connectivity index (χ0) is 18.7. The zero-order valence-electron chi connectivity index (χ0n) is 13.9. The lowest BCUT2D eigenvalue weighted by molar-refractivity contribution is 0.0956. The number of hydrogen-bond donors (Lipinski definition) is 2. The monoisotopic (exact) mass is 469 g/mol. The van der Waals surface area contributed by atoms with Crippen LogP contribution in [-0.2, 0) is 12.8 Å². The molecule has 9 heteroatoms. The van der Waals surface area contributed by atoms with Gasteiger partial charge in [0.25, 0.3) is 11.5 Å². The molecule has 0 aliphatic heterocycles. The van der Waals surface area contributed by atoms with Crippen molar-refractivity contribution in [1.29, 1.82) is 0 Å². The number of aromatic amines is 1. The number of nitrogens with one attached hydrogen (secondary N) is 2. The Morgan fingerprint density at radius 3 is 2.92 bits per heavy atom. The van der Waals surface area contributed by atoms with Crippen molar-refractivity contribution in [3.63, 3.8) is 0 Å². The summed E-state index contributed by atoms with van der Waals surface area (Å²) in [5, 5.41) is 3.42. The van der Waals surface area contributed by atoms with Gasteiger partial charge in [0.2, 0.25) is 0 Å². The first kappa shape index (κ1) is 19.3. The van der Waals surface area contributed by atoms with Crippen LogP contribution >= 0.6 is 51.2 Å². The minimum atomic E-state index is -0.174. The molecule has 0 saturated carbocycles. The molecule has 1 amide bonds. The van der Waals surface area contributed by atoms with Gasteiger partial charge in [-0.2, -0.15) is 11.8 Å². The van der Waals surface area contributed by atoms with Crippen LogP contribution in [0, 0.1) is 4.77 Å². The fourth-order valence-electron chi connectivity index (χ4n) is 2.39. The highest BCUT2D eigenvalue weighted by Crippen LogP contribution is 2.25. The summed E-state index contributed by atoms with van der Waals surface area (Å²) in [7, 11) is 1.62. The van der Waals surface area contributed by atoms with Gasteiger partial charge in [-0.3, -0.25) is 14.2 Å². The molecule has 0 fully saturated rings. The Bertz CT molecular complexity index is 1070. The molecule has 2 N–H and O–H groups in total. The fraction of sp³-hybridized carbons (Fsp3) is 0.235. The van der Waals surface area contributed by atoms with Gasteiger partial charge in [-0.05, 0) is 58.5 Å². The molecule has 26 heavy (non-hydrogen) atoms. The minimum absolute atomic E-state index is 0.161. The Kier molecular flexibility index (Phi) is 6.33. The smallest absolute Gasteiger partial charge is 0.261 e. The number of H-pyrrole nitrogens is 1. The number of halogens is 1. The number of thiophene rings is 1. The molecule has 0 radical (unpaired) electrons. The summed E-state index contributed by atoms with van der Waals surface area (Å²) in [5.74, 6) is 1.60. The number of rotatable bonds is 6. The van der Waals surface area contributed by atoms with Crippen LogP contribution < -0.4 is 10.9 Å². The molecule has 1 aromatic carbocycles. The average molecular weight is 470 g/mol. The first-order chi connectivity index (χ1) is 12.5. The van der Waals surface area contributed by atoms with Gasteiger partial charge in [-0.25, -0.2) is 0 Å². The maximum atomic E-state index is 12.3. The highest BCUT2D eigenvalue weighted by molar-refractivity contribution is 9.11. The molecule has 0 aliphatic carbocycles. The Morgan fingerprint density at radius 1 is 1.38 bits per heavy atom. The van der Waals surface area contributed by atoms with Crippen molar-refractivity contribution in [2.24, 2.45) is 7.05 Å². The van der Waals surface area contributed by atoms with E-state index in [1.807, 2.05) is 6.07 Å². The molecule has 136 valence electrons. The first-order valence-electron chi connectivity index (χ1n) is 7.79. The van der Waals surface area contributed by atoms with Crippen molar-refractivity contribution in [1.82, 2.24) is 14.9 Å². The highest BCUT2D eigenvalue weighted by atomic mass is 79.9. The number of fused-ring (bicyclic) bond motifs is 1. The van der Waals surface area contributed by atoms with Crippen LogP contribution in [0.25, 0.3) is 10.9 Å².